The minimum absolute atomic E-state index is 0.490. The van der Waals surface area contributed by atoms with E-state index in [1.165, 1.54) is 24.8 Å². The highest BCUT2D eigenvalue weighted by molar-refractivity contribution is 5.39. The van der Waals surface area contributed by atoms with Gasteiger partial charge in [0.05, 0.1) is 6.10 Å². The van der Waals surface area contributed by atoms with Gasteiger partial charge in [-0.15, -0.1) is 0 Å². The molecule has 0 heterocycles. The van der Waals surface area contributed by atoms with Gasteiger partial charge in [0.1, 0.15) is 0 Å². The van der Waals surface area contributed by atoms with Gasteiger partial charge in [-0.2, -0.15) is 0 Å². The Morgan fingerprint density at radius 3 is 2.65 bits per heavy atom. The molecular formula is C14H22N2O. The zero-order valence-corrected chi connectivity index (χ0v) is 10.5. The van der Waals surface area contributed by atoms with Crippen LogP contribution < -0.4 is 11.1 Å². The summed E-state index contributed by atoms with van der Waals surface area (Å²) < 4.78 is 5.25. The maximum absolute atomic E-state index is 5.65. The highest BCUT2D eigenvalue weighted by atomic mass is 16.5. The van der Waals surface area contributed by atoms with Crippen LogP contribution in [0.25, 0.3) is 0 Å². The first-order chi connectivity index (χ1) is 8.28. The summed E-state index contributed by atoms with van der Waals surface area (Å²) in [6.45, 7) is 1.09. The molecule has 2 rings (SSSR count). The van der Waals surface area contributed by atoms with Gasteiger partial charge in [-0.25, -0.2) is 0 Å². The van der Waals surface area contributed by atoms with Gasteiger partial charge >= 0.3 is 0 Å². The van der Waals surface area contributed by atoms with E-state index in [0.717, 1.165) is 18.7 Å². The molecule has 1 aromatic rings. The number of nitrogen functional groups attached to an aromatic ring is 1. The molecule has 0 aromatic heterocycles. The molecule has 0 radical (unpaired) electrons. The van der Waals surface area contributed by atoms with Crippen LogP contribution in [-0.4, -0.2) is 25.8 Å². The number of rotatable bonds is 6. The second-order valence-corrected chi connectivity index (χ2v) is 4.83. The monoisotopic (exact) mass is 234 g/mol. The third-order valence-corrected chi connectivity index (χ3v) is 3.48. The lowest BCUT2D eigenvalue weighted by Crippen LogP contribution is -2.45. The Kier molecular flexibility index (Phi) is 4.40. The summed E-state index contributed by atoms with van der Waals surface area (Å²) in [6.07, 6.45) is 5.12. The second-order valence-electron chi connectivity index (χ2n) is 4.83. The van der Waals surface area contributed by atoms with E-state index >= 15 is 0 Å². The third kappa shape index (κ3) is 3.72. The van der Waals surface area contributed by atoms with Gasteiger partial charge in [0, 0.05) is 18.8 Å². The number of nitrogens with two attached hydrogens (primary N) is 1. The molecule has 0 amide bonds. The maximum Gasteiger partial charge on any atom is 0.0601 e. The standard InChI is InChI=1S/C14H22N2O/c1-17-14-9-13(10-14)16-8-2-3-11-4-6-12(15)7-5-11/h4-7,13-14,16H,2-3,8-10,15H2,1H3. The molecule has 1 saturated carbocycles. The van der Waals surface area contributed by atoms with Crippen LogP contribution in [0.1, 0.15) is 24.8 Å². The van der Waals surface area contributed by atoms with Crippen LogP contribution in [0.3, 0.4) is 0 Å². The van der Waals surface area contributed by atoms with Gasteiger partial charge in [0.2, 0.25) is 0 Å². The number of aryl methyl sites for hydroxylation is 1. The summed E-state index contributed by atoms with van der Waals surface area (Å²) in [5, 5.41) is 3.56. The third-order valence-electron chi connectivity index (χ3n) is 3.48. The van der Waals surface area contributed by atoms with Crippen molar-refractivity contribution in [3.05, 3.63) is 29.8 Å². The Morgan fingerprint density at radius 2 is 2.00 bits per heavy atom. The summed E-state index contributed by atoms with van der Waals surface area (Å²) in [7, 11) is 1.79. The Labute approximate surface area is 103 Å². The molecule has 3 nitrogen and oxygen atoms in total. The first-order valence-corrected chi connectivity index (χ1v) is 6.38. The molecule has 1 aromatic carbocycles. The van der Waals surface area contributed by atoms with Gasteiger partial charge in [-0.1, -0.05) is 12.1 Å². The zero-order valence-electron chi connectivity index (χ0n) is 10.5. The van der Waals surface area contributed by atoms with Gasteiger partial charge in [0.25, 0.3) is 0 Å². The van der Waals surface area contributed by atoms with Crippen LogP contribution >= 0.6 is 0 Å². The summed E-state index contributed by atoms with van der Waals surface area (Å²) >= 11 is 0. The Morgan fingerprint density at radius 1 is 1.29 bits per heavy atom. The minimum Gasteiger partial charge on any atom is -0.399 e. The molecule has 0 saturated heterocycles. The second kappa shape index (κ2) is 6.03. The Balaban J connectivity index is 1.56. The van der Waals surface area contributed by atoms with Gasteiger partial charge in [0.15, 0.2) is 0 Å². The fourth-order valence-corrected chi connectivity index (χ4v) is 2.21. The molecule has 0 unspecified atom stereocenters. The SMILES string of the molecule is COC1CC(NCCCc2ccc(N)cc2)C1. The fourth-order valence-electron chi connectivity index (χ4n) is 2.21. The Hall–Kier alpha value is -1.06. The van der Waals surface area contributed by atoms with Crippen molar-refractivity contribution in [2.75, 3.05) is 19.4 Å². The first-order valence-electron chi connectivity index (χ1n) is 6.38. The Bertz CT molecular complexity index is 331. The summed E-state index contributed by atoms with van der Waals surface area (Å²) in [5.74, 6) is 0. The fraction of sp³-hybridized carbons (Fsp3) is 0.571. The van der Waals surface area contributed by atoms with Crippen molar-refractivity contribution in [3.63, 3.8) is 0 Å². The van der Waals surface area contributed by atoms with E-state index < -0.39 is 0 Å². The molecule has 1 aliphatic rings. The normalized spacial score (nSPS) is 23.4. The highest BCUT2D eigenvalue weighted by Crippen LogP contribution is 2.22. The van der Waals surface area contributed by atoms with Crippen molar-refractivity contribution >= 4 is 5.69 Å². The molecule has 3 N–H and O–H groups in total. The maximum atomic E-state index is 5.65. The number of hydrogen-bond donors (Lipinski definition) is 2. The van der Waals surface area contributed by atoms with Crippen LogP contribution in [0.2, 0.25) is 0 Å². The number of anilines is 1. The van der Waals surface area contributed by atoms with E-state index in [4.69, 9.17) is 10.5 Å². The largest absolute Gasteiger partial charge is 0.399 e. The predicted octanol–water partition coefficient (Wildman–Crippen LogP) is 1.97. The molecule has 0 atom stereocenters. The molecule has 1 aliphatic carbocycles. The molecule has 0 aliphatic heterocycles. The molecule has 0 bridgehead atoms. The lowest BCUT2D eigenvalue weighted by Gasteiger charge is -2.34. The number of hydrogen-bond acceptors (Lipinski definition) is 3. The number of benzene rings is 1. The average Bonchev–Trinajstić information content (AvgIpc) is 2.29. The molecule has 0 spiro atoms. The smallest absolute Gasteiger partial charge is 0.0601 e. The molecule has 17 heavy (non-hydrogen) atoms. The summed E-state index contributed by atoms with van der Waals surface area (Å²) in [6, 6.07) is 8.83. The van der Waals surface area contributed by atoms with E-state index in [0.29, 0.717) is 12.1 Å². The topological polar surface area (TPSA) is 47.3 Å². The van der Waals surface area contributed by atoms with Crippen molar-refractivity contribution in [1.82, 2.24) is 5.32 Å². The highest BCUT2D eigenvalue weighted by Gasteiger charge is 2.27. The lowest BCUT2D eigenvalue weighted by molar-refractivity contribution is 0.0175. The summed E-state index contributed by atoms with van der Waals surface area (Å²) in [4.78, 5) is 0. The first kappa shape index (κ1) is 12.4. The molecule has 3 heteroatoms. The van der Waals surface area contributed by atoms with Crippen molar-refractivity contribution in [1.29, 1.82) is 0 Å². The molecule has 1 fully saturated rings. The number of methoxy groups -OCH3 is 1. The van der Waals surface area contributed by atoms with E-state index in [1.54, 1.807) is 7.11 Å². The van der Waals surface area contributed by atoms with Gasteiger partial charge < -0.3 is 15.8 Å². The lowest BCUT2D eigenvalue weighted by atomic mass is 9.89. The van der Waals surface area contributed by atoms with Crippen molar-refractivity contribution in [2.24, 2.45) is 0 Å². The van der Waals surface area contributed by atoms with Crippen molar-refractivity contribution in [2.45, 2.75) is 37.8 Å². The summed E-state index contributed by atoms with van der Waals surface area (Å²) in [5.41, 5.74) is 7.85. The minimum atomic E-state index is 0.490. The quantitative estimate of drug-likeness (QED) is 0.584. The van der Waals surface area contributed by atoms with Crippen LogP contribution in [0.15, 0.2) is 24.3 Å². The van der Waals surface area contributed by atoms with Gasteiger partial charge in [-0.05, 0) is 49.9 Å². The van der Waals surface area contributed by atoms with Crippen molar-refractivity contribution < 1.29 is 4.74 Å². The molecular weight excluding hydrogens is 212 g/mol. The van der Waals surface area contributed by atoms with Crippen LogP contribution in [0.5, 0.6) is 0 Å². The number of ether oxygens (including phenoxy) is 1. The van der Waals surface area contributed by atoms with E-state index in [-0.39, 0.29) is 0 Å². The zero-order chi connectivity index (χ0) is 12.1. The van der Waals surface area contributed by atoms with Crippen molar-refractivity contribution in [3.8, 4) is 0 Å². The van der Waals surface area contributed by atoms with Crippen LogP contribution in [0.4, 0.5) is 5.69 Å². The predicted molar refractivity (Wildman–Crippen MR) is 71.0 cm³/mol. The van der Waals surface area contributed by atoms with E-state index in [1.807, 2.05) is 12.1 Å². The van der Waals surface area contributed by atoms with Gasteiger partial charge in [-0.3, -0.25) is 0 Å². The average molecular weight is 234 g/mol. The molecule has 94 valence electrons. The van der Waals surface area contributed by atoms with Crippen LogP contribution in [-0.2, 0) is 11.2 Å². The van der Waals surface area contributed by atoms with E-state index in [2.05, 4.69) is 17.4 Å². The number of nitrogens with one attached hydrogen (secondary N) is 1. The van der Waals surface area contributed by atoms with E-state index in [9.17, 15) is 0 Å². The van der Waals surface area contributed by atoms with Crippen LogP contribution in [0, 0.1) is 0 Å².